The van der Waals surface area contributed by atoms with E-state index in [1.165, 1.54) is 0 Å². The highest BCUT2D eigenvalue weighted by Crippen LogP contribution is 2.30. The normalized spacial score (nSPS) is 11.1. The van der Waals surface area contributed by atoms with Crippen LogP contribution < -0.4 is 23.7 Å². The van der Waals surface area contributed by atoms with Gasteiger partial charge in [0, 0.05) is 35.4 Å². The van der Waals surface area contributed by atoms with Crippen LogP contribution in [0.2, 0.25) is 0 Å². The zero-order chi connectivity index (χ0) is 27.1. The van der Waals surface area contributed by atoms with Crippen LogP contribution in [-0.4, -0.2) is 8.42 Å². The van der Waals surface area contributed by atoms with Crippen molar-refractivity contribution in [3.05, 3.63) is 127 Å². The van der Waals surface area contributed by atoms with Gasteiger partial charge in [-0.1, -0.05) is 66.7 Å². The molecule has 4 aromatic carbocycles. The minimum Gasteiger partial charge on any atom is -0.357 e. The van der Waals surface area contributed by atoms with Crippen molar-refractivity contribution in [3.8, 4) is 39.3 Å². The second-order valence-electron chi connectivity index (χ2n) is 8.18. The van der Waals surface area contributed by atoms with Crippen LogP contribution in [0.25, 0.3) is 39.3 Å². The van der Waals surface area contributed by atoms with Crippen LogP contribution >= 0.6 is 0 Å². The molecule has 0 saturated heterocycles. The molecule has 0 bridgehead atoms. The average Bonchev–Trinajstić information content (AvgIpc) is 2.93. The summed E-state index contributed by atoms with van der Waals surface area (Å²) in [5.41, 5.74) is 7.13. The fourth-order valence-corrected chi connectivity index (χ4v) is 4.61. The summed E-state index contributed by atoms with van der Waals surface area (Å²) in [6.45, 7) is 0. The molecule has 7 nitrogen and oxygen atoms in total. The largest absolute Gasteiger partial charge is 0.357 e. The SMILES string of the molecule is NS(=O)(=O)c1ccc(-[n+]2c(-c3ccccc3)cc(-c3ccccc3)cc2-c2ccccc2)cc1.[O-][Cl+2]([O-])[O-]. The smallest absolute Gasteiger partial charge is 0.238 e. The van der Waals surface area contributed by atoms with Gasteiger partial charge in [-0.2, -0.15) is 4.57 Å². The molecular weight excluding hydrogens is 524 g/mol. The lowest BCUT2D eigenvalue weighted by atomic mass is 9.98. The molecular formula is C29H23ClN2O5S. The minimum atomic E-state index is -3.78. The van der Waals surface area contributed by atoms with E-state index in [9.17, 15) is 8.42 Å². The molecule has 0 amide bonds. The number of hydrogen-bond acceptors (Lipinski definition) is 5. The third kappa shape index (κ3) is 6.70. The molecule has 1 heterocycles. The van der Waals surface area contributed by atoms with E-state index in [1.54, 1.807) is 24.3 Å². The maximum Gasteiger partial charge on any atom is 0.238 e. The summed E-state index contributed by atoms with van der Waals surface area (Å²) in [6, 6.07) is 41.7. The molecule has 9 heteroatoms. The van der Waals surface area contributed by atoms with Crippen molar-refractivity contribution in [3.63, 3.8) is 0 Å². The number of sulfonamides is 1. The molecule has 38 heavy (non-hydrogen) atoms. The van der Waals surface area contributed by atoms with E-state index >= 15 is 0 Å². The molecule has 0 saturated carbocycles. The van der Waals surface area contributed by atoms with Gasteiger partial charge in [-0.15, -0.1) is 0 Å². The Morgan fingerprint density at radius 3 is 1.29 bits per heavy atom. The zero-order valence-electron chi connectivity index (χ0n) is 20.0. The van der Waals surface area contributed by atoms with Crippen LogP contribution in [0.5, 0.6) is 0 Å². The van der Waals surface area contributed by atoms with Gasteiger partial charge in [0.05, 0.1) is 15.7 Å². The van der Waals surface area contributed by atoms with Gasteiger partial charge in [-0.3, -0.25) is 0 Å². The highest BCUT2D eigenvalue weighted by Gasteiger charge is 2.25. The molecule has 0 radical (unpaired) electrons. The maximum absolute atomic E-state index is 11.8. The van der Waals surface area contributed by atoms with Gasteiger partial charge in [0.2, 0.25) is 27.1 Å². The number of benzene rings is 4. The van der Waals surface area contributed by atoms with Crippen molar-refractivity contribution in [2.75, 3.05) is 0 Å². The summed E-state index contributed by atoms with van der Waals surface area (Å²) in [5.74, 6) is 0. The quantitative estimate of drug-likeness (QED) is 0.337. The lowest BCUT2D eigenvalue weighted by Crippen LogP contribution is -2.42. The lowest BCUT2D eigenvalue weighted by molar-refractivity contribution is -1.73. The Bertz CT molecular complexity index is 1540. The first kappa shape index (κ1) is 27.2. The summed E-state index contributed by atoms with van der Waals surface area (Å²) in [5, 5.41) is 5.34. The van der Waals surface area contributed by atoms with E-state index in [0.29, 0.717) is 0 Å². The first-order valence-corrected chi connectivity index (χ1v) is 13.8. The third-order valence-electron chi connectivity index (χ3n) is 5.74. The number of pyridine rings is 1. The van der Waals surface area contributed by atoms with Gasteiger partial charge in [0.1, 0.15) is 0 Å². The van der Waals surface area contributed by atoms with Crippen LogP contribution in [0.3, 0.4) is 0 Å². The number of primary sulfonamides is 1. The molecule has 0 fully saturated rings. The Hall–Kier alpha value is -3.89. The van der Waals surface area contributed by atoms with Crippen LogP contribution in [0.1, 0.15) is 0 Å². The van der Waals surface area contributed by atoms with E-state index < -0.39 is 20.8 Å². The molecule has 0 aliphatic heterocycles. The zero-order valence-corrected chi connectivity index (χ0v) is 21.5. The second-order valence-corrected chi connectivity index (χ2v) is 10.1. The predicted molar refractivity (Wildman–Crippen MR) is 136 cm³/mol. The first-order valence-electron chi connectivity index (χ1n) is 11.4. The van der Waals surface area contributed by atoms with Crippen molar-refractivity contribution in [1.82, 2.24) is 0 Å². The summed E-state index contributed by atoms with van der Waals surface area (Å²) in [6.07, 6.45) is 0. The molecule has 0 unspecified atom stereocenters. The van der Waals surface area contributed by atoms with Crippen molar-refractivity contribution in [2.24, 2.45) is 5.14 Å². The number of hydrogen-bond donors (Lipinski definition) is 1. The van der Waals surface area contributed by atoms with Gasteiger partial charge in [-0.25, -0.2) is 13.6 Å². The third-order valence-corrected chi connectivity index (χ3v) is 6.67. The standard InChI is InChI=1S/C29H23N2O2S.ClO3/c30-34(32,33)27-18-16-26(17-19-27)31-28(23-12-6-2-7-13-23)20-25(22-10-4-1-5-11-22)21-29(31)24-14-8-3-9-15-24;2-1(3)4/h1-21H,(H2,30,32,33);/q+1;-1. The Balaban J connectivity index is 0.000000786. The molecule has 2 N–H and O–H groups in total. The monoisotopic (exact) mass is 546 g/mol. The summed E-state index contributed by atoms with van der Waals surface area (Å²) in [4.78, 5) is 0.0836. The number of nitrogens with two attached hydrogens (primary N) is 1. The molecule has 5 aromatic rings. The Labute approximate surface area is 224 Å². The number of halogens is 1. The summed E-state index contributed by atoms with van der Waals surface area (Å²) in [7, 11) is -6.63. The number of nitrogens with zero attached hydrogens (tertiary/aromatic N) is 1. The predicted octanol–water partition coefficient (Wildman–Crippen LogP) is 2.04. The fraction of sp³-hybridized carbons (Fsp3) is 0. The van der Waals surface area contributed by atoms with Crippen molar-refractivity contribution in [1.29, 1.82) is 0 Å². The topological polar surface area (TPSA) is 133 Å². The molecule has 5 rings (SSSR count). The molecule has 0 spiro atoms. The first-order chi connectivity index (χ1) is 18.2. The van der Waals surface area contributed by atoms with Crippen molar-refractivity contribution >= 4 is 10.0 Å². The van der Waals surface area contributed by atoms with Crippen LogP contribution in [0, 0.1) is 10.8 Å². The van der Waals surface area contributed by atoms with Gasteiger partial charge in [-0.05, 0) is 47.5 Å². The van der Waals surface area contributed by atoms with Crippen LogP contribution in [0.15, 0.2) is 132 Å². The maximum atomic E-state index is 11.8. The highest BCUT2D eigenvalue weighted by molar-refractivity contribution is 7.89. The summed E-state index contributed by atoms with van der Waals surface area (Å²) >= 11 is 0. The summed E-state index contributed by atoms with van der Waals surface area (Å²) < 4.78 is 51.0. The van der Waals surface area contributed by atoms with Crippen molar-refractivity contribution < 1.29 is 37.7 Å². The van der Waals surface area contributed by atoms with E-state index in [4.69, 9.17) is 19.1 Å². The molecule has 192 valence electrons. The second kappa shape index (κ2) is 12.1. The fourth-order valence-electron chi connectivity index (χ4n) is 4.10. The van der Waals surface area contributed by atoms with Crippen LogP contribution in [0.4, 0.5) is 0 Å². The van der Waals surface area contributed by atoms with Gasteiger partial charge >= 0.3 is 0 Å². The molecule has 0 atom stereocenters. The van der Waals surface area contributed by atoms with Gasteiger partial charge in [0.15, 0.2) is 0 Å². The van der Waals surface area contributed by atoms with Gasteiger partial charge < -0.3 is 14.0 Å². The van der Waals surface area contributed by atoms with E-state index in [2.05, 4.69) is 53.1 Å². The van der Waals surface area contributed by atoms with E-state index in [1.807, 2.05) is 54.6 Å². The Morgan fingerprint density at radius 2 is 0.921 bits per heavy atom. The van der Waals surface area contributed by atoms with E-state index in [0.717, 1.165) is 39.3 Å². The van der Waals surface area contributed by atoms with Crippen molar-refractivity contribution in [2.45, 2.75) is 4.90 Å². The van der Waals surface area contributed by atoms with E-state index in [-0.39, 0.29) is 4.90 Å². The Morgan fingerprint density at radius 1 is 0.553 bits per heavy atom. The molecule has 1 aromatic heterocycles. The molecule has 0 aliphatic carbocycles. The lowest BCUT2D eigenvalue weighted by Gasteiger charge is -2.13. The Kier molecular flexibility index (Phi) is 8.65. The number of rotatable bonds is 5. The highest BCUT2D eigenvalue weighted by atomic mass is 35.6. The minimum absolute atomic E-state index is 0.0836. The average molecular weight is 547 g/mol. The van der Waals surface area contributed by atoms with Crippen LogP contribution in [-0.2, 0) is 10.0 Å². The van der Waals surface area contributed by atoms with Gasteiger partial charge in [0.25, 0.3) is 0 Å². The molecule has 0 aliphatic rings. The number of aromatic nitrogens is 1.